The van der Waals surface area contributed by atoms with E-state index in [0.717, 1.165) is 16.6 Å². The molecular weight excluding hydrogens is 269 g/mol. The first-order chi connectivity index (χ1) is 10.1. The number of para-hydroxylation sites is 1. The van der Waals surface area contributed by atoms with Gasteiger partial charge in [0, 0.05) is 17.5 Å². The van der Waals surface area contributed by atoms with Crippen molar-refractivity contribution in [1.29, 1.82) is 0 Å². The van der Waals surface area contributed by atoms with Gasteiger partial charge in [0.15, 0.2) is 0 Å². The number of aromatic carboxylic acids is 1. The van der Waals surface area contributed by atoms with Crippen LogP contribution in [0.15, 0.2) is 54.6 Å². The fourth-order valence-corrected chi connectivity index (χ4v) is 2.26. The molecule has 4 heteroatoms. The molecule has 0 radical (unpaired) electrons. The van der Waals surface area contributed by atoms with E-state index in [1.165, 1.54) is 12.1 Å². The van der Waals surface area contributed by atoms with Crippen molar-refractivity contribution in [2.24, 2.45) is 0 Å². The minimum atomic E-state index is -1.26. The molecule has 0 saturated carbocycles. The van der Waals surface area contributed by atoms with Gasteiger partial charge in [0.2, 0.25) is 0 Å². The largest absolute Gasteiger partial charge is 0.478 e. The van der Waals surface area contributed by atoms with Crippen molar-refractivity contribution >= 4 is 16.9 Å². The molecule has 0 bridgehead atoms. The average Bonchev–Trinajstić information content (AvgIpc) is 2.47. The molecule has 3 nitrogen and oxygen atoms in total. The first-order valence-corrected chi connectivity index (χ1v) is 6.50. The van der Waals surface area contributed by atoms with Crippen molar-refractivity contribution in [3.05, 3.63) is 77.2 Å². The molecule has 1 heterocycles. The van der Waals surface area contributed by atoms with Gasteiger partial charge in [0.25, 0.3) is 0 Å². The van der Waals surface area contributed by atoms with Gasteiger partial charge in [0.05, 0.1) is 11.1 Å². The van der Waals surface area contributed by atoms with Crippen LogP contribution in [-0.2, 0) is 6.42 Å². The minimum absolute atomic E-state index is 0.315. The Morgan fingerprint density at radius 3 is 2.67 bits per heavy atom. The van der Waals surface area contributed by atoms with E-state index in [0.29, 0.717) is 12.0 Å². The third kappa shape index (κ3) is 2.74. The highest BCUT2D eigenvalue weighted by atomic mass is 19.1. The van der Waals surface area contributed by atoms with E-state index >= 15 is 0 Å². The summed E-state index contributed by atoms with van der Waals surface area (Å²) in [6.07, 6.45) is 0.460. The van der Waals surface area contributed by atoms with Crippen LogP contribution in [0.5, 0.6) is 0 Å². The zero-order valence-electron chi connectivity index (χ0n) is 11.1. The van der Waals surface area contributed by atoms with E-state index in [2.05, 4.69) is 4.98 Å². The number of carboxylic acids is 1. The summed E-state index contributed by atoms with van der Waals surface area (Å²) < 4.78 is 13.7. The molecule has 0 amide bonds. The lowest BCUT2D eigenvalue weighted by molar-refractivity contribution is 0.0692. The molecule has 3 rings (SSSR count). The van der Waals surface area contributed by atoms with Gasteiger partial charge >= 0.3 is 5.97 Å². The highest BCUT2D eigenvalue weighted by Gasteiger charge is 2.10. The van der Waals surface area contributed by atoms with E-state index in [1.54, 1.807) is 6.07 Å². The van der Waals surface area contributed by atoms with E-state index in [4.69, 9.17) is 5.11 Å². The molecule has 0 spiro atoms. The lowest BCUT2D eigenvalue weighted by atomic mass is 10.1. The van der Waals surface area contributed by atoms with Crippen LogP contribution in [0.2, 0.25) is 0 Å². The predicted molar refractivity (Wildman–Crippen MR) is 77.9 cm³/mol. The van der Waals surface area contributed by atoms with Crippen LogP contribution in [-0.4, -0.2) is 16.1 Å². The maximum atomic E-state index is 13.7. The molecule has 0 saturated heterocycles. The number of rotatable bonds is 3. The van der Waals surface area contributed by atoms with Crippen LogP contribution in [0.25, 0.3) is 10.9 Å². The molecule has 104 valence electrons. The Morgan fingerprint density at radius 1 is 1.10 bits per heavy atom. The molecule has 21 heavy (non-hydrogen) atoms. The normalized spacial score (nSPS) is 10.7. The summed E-state index contributed by atoms with van der Waals surface area (Å²) >= 11 is 0. The van der Waals surface area contributed by atoms with Gasteiger partial charge in [-0.15, -0.1) is 0 Å². The summed E-state index contributed by atoms with van der Waals surface area (Å²) in [4.78, 5) is 15.3. The molecule has 0 aliphatic carbocycles. The first-order valence-electron chi connectivity index (χ1n) is 6.50. The smallest absolute Gasteiger partial charge is 0.338 e. The molecule has 1 N–H and O–H groups in total. The van der Waals surface area contributed by atoms with Crippen molar-refractivity contribution in [2.45, 2.75) is 6.42 Å². The Balaban J connectivity index is 1.91. The Labute approximate surface area is 120 Å². The molecule has 1 aromatic heterocycles. The first kappa shape index (κ1) is 13.2. The number of hydrogen-bond donors (Lipinski definition) is 1. The summed E-state index contributed by atoms with van der Waals surface area (Å²) in [7, 11) is 0. The number of carbonyl (C=O) groups is 1. The van der Waals surface area contributed by atoms with E-state index in [-0.39, 0.29) is 5.56 Å². The van der Waals surface area contributed by atoms with Crippen LogP contribution in [0.1, 0.15) is 21.6 Å². The molecule has 0 fully saturated rings. The van der Waals surface area contributed by atoms with Crippen LogP contribution in [0.3, 0.4) is 0 Å². The molecule has 0 unspecified atom stereocenters. The Bertz CT molecular complexity index is 830. The molecule has 0 aliphatic heterocycles. The van der Waals surface area contributed by atoms with Crippen LogP contribution >= 0.6 is 0 Å². The summed E-state index contributed by atoms with van der Waals surface area (Å²) in [5.41, 5.74) is 2.08. The van der Waals surface area contributed by atoms with Crippen molar-refractivity contribution in [3.63, 3.8) is 0 Å². The second-order valence-electron chi connectivity index (χ2n) is 4.79. The van der Waals surface area contributed by atoms with E-state index < -0.39 is 11.8 Å². The maximum absolute atomic E-state index is 13.7. The molecule has 3 aromatic rings. The maximum Gasteiger partial charge on any atom is 0.338 e. The monoisotopic (exact) mass is 281 g/mol. The van der Waals surface area contributed by atoms with Gasteiger partial charge < -0.3 is 5.11 Å². The van der Waals surface area contributed by atoms with Crippen LogP contribution < -0.4 is 0 Å². The number of halogens is 1. The number of benzene rings is 2. The van der Waals surface area contributed by atoms with E-state index in [9.17, 15) is 9.18 Å². The molecule has 0 aliphatic rings. The third-order valence-electron chi connectivity index (χ3n) is 3.31. The number of aromatic nitrogens is 1. The highest BCUT2D eigenvalue weighted by Crippen LogP contribution is 2.16. The predicted octanol–water partition coefficient (Wildman–Crippen LogP) is 3.66. The highest BCUT2D eigenvalue weighted by molar-refractivity contribution is 5.87. The second kappa shape index (κ2) is 5.32. The fourth-order valence-electron chi connectivity index (χ4n) is 2.26. The van der Waals surface area contributed by atoms with Gasteiger partial charge in [0.1, 0.15) is 5.82 Å². The third-order valence-corrected chi connectivity index (χ3v) is 3.31. The van der Waals surface area contributed by atoms with Crippen LogP contribution in [0.4, 0.5) is 4.39 Å². The Kier molecular flexibility index (Phi) is 3.36. The quantitative estimate of drug-likeness (QED) is 0.797. The zero-order valence-corrected chi connectivity index (χ0v) is 11.1. The van der Waals surface area contributed by atoms with Crippen molar-refractivity contribution in [2.75, 3.05) is 0 Å². The lowest BCUT2D eigenvalue weighted by Crippen LogP contribution is -2.02. The summed E-state index contributed by atoms with van der Waals surface area (Å²) in [5.74, 6) is -1.98. The van der Waals surface area contributed by atoms with Gasteiger partial charge in [-0.05, 0) is 29.8 Å². The fraction of sp³-hybridized carbons (Fsp3) is 0.0588. The van der Waals surface area contributed by atoms with Gasteiger partial charge in [-0.1, -0.05) is 30.3 Å². The number of hydrogen-bond acceptors (Lipinski definition) is 2. The molecular formula is C17H12FNO2. The summed E-state index contributed by atoms with van der Waals surface area (Å²) in [5, 5.41) is 9.86. The Hall–Kier alpha value is -2.75. The number of carboxylic acid groups (broad SMARTS) is 1. The molecule has 2 aromatic carbocycles. The number of pyridine rings is 1. The minimum Gasteiger partial charge on any atom is -0.478 e. The van der Waals surface area contributed by atoms with Crippen molar-refractivity contribution in [3.8, 4) is 0 Å². The number of nitrogens with zero attached hydrogens (tertiary/aromatic N) is 1. The average molecular weight is 281 g/mol. The van der Waals surface area contributed by atoms with Crippen molar-refractivity contribution in [1.82, 2.24) is 4.98 Å². The zero-order chi connectivity index (χ0) is 14.8. The van der Waals surface area contributed by atoms with Gasteiger partial charge in [-0.3, -0.25) is 4.98 Å². The van der Waals surface area contributed by atoms with Crippen molar-refractivity contribution < 1.29 is 14.3 Å². The standard InChI is InChI=1S/C17H12FNO2/c18-15-10-11(5-8-14(15)17(20)21)9-13-7-6-12-3-1-2-4-16(12)19-13/h1-8,10H,9H2,(H,20,21). The van der Waals surface area contributed by atoms with Crippen LogP contribution in [0, 0.1) is 5.82 Å². The number of fused-ring (bicyclic) bond motifs is 1. The topological polar surface area (TPSA) is 50.2 Å². The Morgan fingerprint density at radius 2 is 1.90 bits per heavy atom. The van der Waals surface area contributed by atoms with Gasteiger partial charge in [-0.25, -0.2) is 9.18 Å². The van der Waals surface area contributed by atoms with E-state index in [1.807, 2.05) is 36.4 Å². The SMILES string of the molecule is O=C(O)c1ccc(Cc2ccc3ccccc3n2)cc1F. The lowest BCUT2D eigenvalue weighted by Gasteiger charge is -2.05. The van der Waals surface area contributed by atoms with Gasteiger partial charge in [-0.2, -0.15) is 0 Å². The second-order valence-corrected chi connectivity index (χ2v) is 4.79. The summed E-state index contributed by atoms with van der Waals surface area (Å²) in [6.45, 7) is 0. The molecule has 0 atom stereocenters. The summed E-state index contributed by atoms with van der Waals surface area (Å²) in [6, 6.07) is 15.8.